The third kappa shape index (κ3) is 2.21. The molecule has 0 fully saturated rings. The van der Waals surface area contributed by atoms with Crippen molar-refractivity contribution < 1.29 is 22.1 Å². The lowest BCUT2D eigenvalue weighted by Gasteiger charge is -2.00. The Balaban J connectivity index is 3.66. The Bertz CT molecular complexity index is 530. The van der Waals surface area contributed by atoms with E-state index < -0.39 is 36.2 Å². The predicted octanol–water partition coefficient (Wildman–Crippen LogP) is 1.80. The number of nitrogens with zero attached hydrogens (tertiary/aromatic N) is 1. The second kappa shape index (κ2) is 3.70. The van der Waals surface area contributed by atoms with E-state index in [1.807, 2.05) is 0 Å². The third-order valence-corrected chi connectivity index (χ3v) is 2.79. The number of nitro benzene ring substituents is 1. The van der Waals surface area contributed by atoms with Gasteiger partial charge in [-0.25, -0.2) is 12.8 Å². The fourth-order valence-electron chi connectivity index (χ4n) is 0.887. The van der Waals surface area contributed by atoms with Crippen molar-refractivity contribution in [3.8, 4) is 0 Å². The largest absolute Gasteiger partial charge is 0.306 e. The first-order valence-corrected chi connectivity index (χ1v) is 5.63. The van der Waals surface area contributed by atoms with Gasteiger partial charge in [-0.1, -0.05) is 0 Å². The zero-order valence-corrected chi connectivity index (χ0v) is 8.35. The van der Waals surface area contributed by atoms with E-state index in [2.05, 4.69) is 0 Å². The van der Waals surface area contributed by atoms with Crippen molar-refractivity contribution in [3.05, 3.63) is 33.9 Å². The summed E-state index contributed by atoms with van der Waals surface area (Å²) in [5, 5.41) is 10.2. The SMILES string of the molecule is O=[N+]([O-])c1ccc(F)c(S(=O)(=O)Cl)c1F. The maximum absolute atomic E-state index is 13.1. The first-order valence-electron chi connectivity index (χ1n) is 3.32. The molecule has 0 aliphatic heterocycles. The van der Waals surface area contributed by atoms with E-state index in [1.54, 1.807) is 0 Å². The van der Waals surface area contributed by atoms with Gasteiger partial charge in [-0.05, 0) is 6.07 Å². The van der Waals surface area contributed by atoms with Crippen LogP contribution in [0.25, 0.3) is 0 Å². The van der Waals surface area contributed by atoms with E-state index in [0.717, 1.165) is 0 Å². The van der Waals surface area contributed by atoms with Gasteiger partial charge in [-0.15, -0.1) is 0 Å². The Kier molecular flexibility index (Phi) is 2.91. The van der Waals surface area contributed by atoms with Crippen LogP contribution in [0.3, 0.4) is 0 Å². The second-order valence-electron chi connectivity index (χ2n) is 2.40. The summed E-state index contributed by atoms with van der Waals surface area (Å²) >= 11 is 0. The van der Waals surface area contributed by atoms with Crippen molar-refractivity contribution >= 4 is 25.4 Å². The minimum absolute atomic E-state index is 0.455. The van der Waals surface area contributed by atoms with Crippen molar-refractivity contribution in [2.45, 2.75) is 4.90 Å². The molecule has 0 aromatic heterocycles. The highest BCUT2D eigenvalue weighted by molar-refractivity contribution is 8.13. The van der Waals surface area contributed by atoms with Crippen LogP contribution >= 0.6 is 10.7 Å². The molecule has 82 valence electrons. The average molecular weight is 258 g/mol. The van der Waals surface area contributed by atoms with Gasteiger partial charge in [0, 0.05) is 16.7 Å². The molecule has 5 nitrogen and oxygen atoms in total. The van der Waals surface area contributed by atoms with Crippen LogP contribution in [0, 0.1) is 21.7 Å². The number of hydrogen-bond acceptors (Lipinski definition) is 4. The van der Waals surface area contributed by atoms with Crippen molar-refractivity contribution in [3.63, 3.8) is 0 Å². The summed E-state index contributed by atoms with van der Waals surface area (Å²) in [6, 6.07) is 0.965. The summed E-state index contributed by atoms with van der Waals surface area (Å²) in [6.07, 6.45) is 0. The molecule has 0 bridgehead atoms. The standard InChI is InChI=1S/C6H2ClF2NO4S/c7-15(13,14)6-3(8)1-2-4(5(6)9)10(11)12/h1-2H. The van der Waals surface area contributed by atoms with Gasteiger partial charge < -0.3 is 0 Å². The van der Waals surface area contributed by atoms with Gasteiger partial charge in [-0.2, -0.15) is 4.39 Å². The van der Waals surface area contributed by atoms with Crippen molar-refractivity contribution in [1.82, 2.24) is 0 Å². The molecule has 0 N–H and O–H groups in total. The Labute approximate surface area is 86.8 Å². The summed E-state index contributed by atoms with van der Waals surface area (Å²) in [5.41, 5.74) is -1.16. The lowest BCUT2D eigenvalue weighted by Crippen LogP contribution is -2.03. The quantitative estimate of drug-likeness (QED) is 0.460. The number of halogens is 3. The molecule has 0 radical (unpaired) electrons. The molecule has 0 heterocycles. The highest BCUT2D eigenvalue weighted by Gasteiger charge is 2.29. The molecule has 0 aliphatic carbocycles. The first kappa shape index (κ1) is 11.8. The molecule has 1 rings (SSSR count). The van der Waals surface area contributed by atoms with Crippen LogP contribution in [0.2, 0.25) is 0 Å². The molecule has 0 amide bonds. The van der Waals surface area contributed by atoms with Crippen LogP contribution in [0.5, 0.6) is 0 Å². The van der Waals surface area contributed by atoms with Gasteiger partial charge in [-0.3, -0.25) is 10.1 Å². The van der Waals surface area contributed by atoms with Crippen molar-refractivity contribution in [2.75, 3.05) is 0 Å². The fourth-order valence-corrected chi connectivity index (χ4v) is 1.93. The van der Waals surface area contributed by atoms with E-state index in [9.17, 15) is 27.3 Å². The number of hydrogen-bond donors (Lipinski definition) is 0. The Morgan fingerprint density at radius 3 is 2.27 bits per heavy atom. The van der Waals surface area contributed by atoms with Crippen molar-refractivity contribution in [1.29, 1.82) is 0 Å². The number of rotatable bonds is 2. The highest BCUT2D eigenvalue weighted by Crippen LogP contribution is 2.28. The maximum Gasteiger partial charge on any atom is 0.306 e. The molecule has 1 aromatic carbocycles. The fraction of sp³-hybridized carbons (Fsp3) is 0. The molecule has 1 aromatic rings. The second-order valence-corrected chi connectivity index (χ2v) is 4.91. The van der Waals surface area contributed by atoms with Gasteiger partial charge in [0.15, 0.2) is 4.90 Å². The minimum Gasteiger partial charge on any atom is -0.258 e. The van der Waals surface area contributed by atoms with Crippen LogP contribution in [-0.2, 0) is 9.05 Å². The molecule has 15 heavy (non-hydrogen) atoms. The average Bonchev–Trinajstić information content (AvgIpc) is 2.00. The number of benzene rings is 1. The zero-order chi connectivity index (χ0) is 11.8. The van der Waals surface area contributed by atoms with E-state index in [4.69, 9.17) is 10.7 Å². The summed E-state index contributed by atoms with van der Waals surface area (Å²) in [6.45, 7) is 0. The van der Waals surface area contributed by atoms with Crippen molar-refractivity contribution in [2.24, 2.45) is 0 Å². The summed E-state index contributed by atoms with van der Waals surface area (Å²) < 4.78 is 47.4. The van der Waals surface area contributed by atoms with E-state index >= 15 is 0 Å². The molecular weight excluding hydrogens is 256 g/mol. The van der Waals surface area contributed by atoms with Crippen LogP contribution in [0.4, 0.5) is 14.5 Å². The Morgan fingerprint density at radius 1 is 1.33 bits per heavy atom. The highest BCUT2D eigenvalue weighted by atomic mass is 35.7. The van der Waals surface area contributed by atoms with Gasteiger partial charge in [0.1, 0.15) is 5.82 Å². The van der Waals surface area contributed by atoms with Gasteiger partial charge in [0.2, 0.25) is 5.82 Å². The van der Waals surface area contributed by atoms with E-state index in [-0.39, 0.29) is 0 Å². The van der Waals surface area contributed by atoms with E-state index in [1.165, 1.54) is 0 Å². The summed E-state index contributed by atoms with van der Waals surface area (Å²) in [7, 11) is 0.0130. The normalized spacial score (nSPS) is 11.4. The topological polar surface area (TPSA) is 77.3 Å². The first-order chi connectivity index (χ1) is 6.75. The van der Waals surface area contributed by atoms with Gasteiger partial charge in [0.05, 0.1) is 4.92 Å². The van der Waals surface area contributed by atoms with Crippen LogP contribution in [0.1, 0.15) is 0 Å². The summed E-state index contributed by atoms with van der Waals surface area (Å²) in [4.78, 5) is 7.52. The monoisotopic (exact) mass is 257 g/mol. The van der Waals surface area contributed by atoms with Crippen LogP contribution in [0.15, 0.2) is 17.0 Å². The molecule has 0 spiro atoms. The van der Waals surface area contributed by atoms with Gasteiger partial charge in [0.25, 0.3) is 9.05 Å². The molecule has 0 saturated carbocycles. The van der Waals surface area contributed by atoms with Gasteiger partial charge >= 0.3 is 5.69 Å². The lowest BCUT2D eigenvalue weighted by molar-refractivity contribution is -0.387. The molecule has 0 unspecified atom stereocenters. The summed E-state index contributed by atoms with van der Waals surface area (Å²) in [5.74, 6) is -3.29. The Morgan fingerprint density at radius 2 is 1.87 bits per heavy atom. The molecule has 9 heteroatoms. The minimum atomic E-state index is -4.70. The molecule has 0 aliphatic rings. The Hall–Kier alpha value is -1.28. The lowest BCUT2D eigenvalue weighted by atomic mass is 10.3. The van der Waals surface area contributed by atoms with Crippen LogP contribution in [-0.4, -0.2) is 13.3 Å². The molecule has 0 saturated heterocycles. The van der Waals surface area contributed by atoms with E-state index in [0.29, 0.717) is 12.1 Å². The van der Waals surface area contributed by atoms with Crippen LogP contribution < -0.4 is 0 Å². The predicted molar refractivity (Wildman–Crippen MR) is 46.1 cm³/mol. The zero-order valence-electron chi connectivity index (χ0n) is 6.78. The smallest absolute Gasteiger partial charge is 0.258 e. The third-order valence-electron chi connectivity index (χ3n) is 1.47. The molecular formula is C6H2ClF2NO4S. The maximum atomic E-state index is 13.1. The number of nitro groups is 1. The molecule has 0 atom stereocenters.